The molecule has 136 valence electrons. The first-order valence-corrected chi connectivity index (χ1v) is 8.40. The van der Waals surface area contributed by atoms with Gasteiger partial charge < -0.3 is 10.0 Å². The standard InChI is InChI=1S/C20H19F2NO3/c1-12(18-16(21)8-5-9-17(18)22)19(24)23-10-14(15(11-23)20(25)26)13-6-3-2-4-7-13/h2-9,12,14-15H,10-11H2,1H3,(H,25,26). The lowest BCUT2D eigenvalue weighted by Gasteiger charge is -2.22. The Labute approximate surface area is 150 Å². The lowest BCUT2D eigenvalue weighted by molar-refractivity contribution is -0.142. The molecule has 1 saturated heterocycles. The van der Waals surface area contributed by atoms with Gasteiger partial charge >= 0.3 is 5.97 Å². The highest BCUT2D eigenvalue weighted by atomic mass is 19.1. The van der Waals surface area contributed by atoms with Crippen molar-refractivity contribution in [3.8, 4) is 0 Å². The molecule has 6 heteroatoms. The highest BCUT2D eigenvalue weighted by Crippen LogP contribution is 2.35. The number of carboxylic acid groups (broad SMARTS) is 1. The SMILES string of the molecule is CC(C(=O)N1CC(C(=O)O)C(c2ccccc2)C1)c1c(F)cccc1F. The summed E-state index contributed by atoms with van der Waals surface area (Å²) in [5, 5.41) is 9.53. The van der Waals surface area contributed by atoms with E-state index in [1.54, 1.807) is 0 Å². The Morgan fingerprint density at radius 2 is 1.65 bits per heavy atom. The summed E-state index contributed by atoms with van der Waals surface area (Å²) in [5.74, 6) is -5.15. The van der Waals surface area contributed by atoms with E-state index in [1.165, 1.54) is 17.9 Å². The van der Waals surface area contributed by atoms with Gasteiger partial charge in [-0.05, 0) is 24.6 Å². The average molecular weight is 359 g/mol. The van der Waals surface area contributed by atoms with Crippen LogP contribution in [-0.4, -0.2) is 35.0 Å². The number of carbonyl (C=O) groups is 2. The zero-order chi connectivity index (χ0) is 18.8. The summed E-state index contributed by atoms with van der Waals surface area (Å²) in [7, 11) is 0. The summed E-state index contributed by atoms with van der Waals surface area (Å²) in [6, 6.07) is 12.6. The van der Waals surface area contributed by atoms with Gasteiger partial charge in [-0.15, -0.1) is 0 Å². The third kappa shape index (κ3) is 3.31. The van der Waals surface area contributed by atoms with Crippen LogP contribution in [0.1, 0.15) is 29.9 Å². The molecule has 1 fully saturated rings. The molecule has 0 aliphatic carbocycles. The van der Waals surface area contributed by atoms with Crippen molar-refractivity contribution in [2.75, 3.05) is 13.1 Å². The summed E-state index contributed by atoms with van der Waals surface area (Å²) >= 11 is 0. The lowest BCUT2D eigenvalue weighted by Crippen LogP contribution is -2.33. The highest BCUT2D eigenvalue weighted by Gasteiger charge is 2.42. The van der Waals surface area contributed by atoms with Gasteiger partial charge in [0.15, 0.2) is 0 Å². The Morgan fingerprint density at radius 3 is 2.23 bits per heavy atom. The first-order chi connectivity index (χ1) is 12.4. The van der Waals surface area contributed by atoms with E-state index in [9.17, 15) is 23.5 Å². The second kappa shape index (κ2) is 7.23. The Kier molecular flexibility index (Phi) is 5.02. The summed E-state index contributed by atoms with van der Waals surface area (Å²) in [5.41, 5.74) is 0.549. The van der Waals surface area contributed by atoms with E-state index >= 15 is 0 Å². The van der Waals surface area contributed by atoms with E-state index in [4.69, 9.17) is 0 Å². The Morgan fingerprint density at radius 1 is 1.04 bits per heavy atom. The van der Waals surface area contributed by atoms with Gasteiger partial charge in [-0.3, -0.25) is 9.59 Å². The molecule has 2 aromatic carbocycles. The normalized spacial score (nSPS) is 20.8. The van der Waals surface area contributed by atoms with Crippen LogP contribution < -0.4 is 0 Å². The third-order valence-electron chi connectivity index (χ3n) is 4.98. The molecule has 1 heterocycles. The van der Waals surface area contributed by atoms with Crippen LogP contribution in [0.3, 0.4) is 0 Å². The molecule has 1 N–H and O–H groups in total. The molecule has 2 aromatic rings. The molecule has 1 aliphatic heterocycles. The number of amides is 1. The van der Waals surface area contributed by atoms with Crippen LogP contribution >= 0.6 is 0 Å². The van der Waals surface area contributed by atoms with Crippen LogP contribution in [-0.2, 0) is 9.59 Å². The van der Waals surface area contributed by atoms with Crippen molar-refractivity contribution in [3.05, 3.63) is 71.3 Å². The van der Waals surface area contributed by atoms with Gasteiger partial charge in [0.25, 0.3) is 0 Å². The first kappa shape index (κ1) is 18.0. The highest BCUT2D eigenvalue weighted by molar-refractivity contribution is 5.85. The number of carboxylic acids is 1. The molecular formula is C20H19F2NO3. The largest absolute Gasteiger partial charge is 0.481 e. The maximum Gasteiger partial charge on any atom is 0.308 e. The molecule has 1 aliphatic rings. The number of halogens is 2. The Hall–Kier alpha value is -2.76. The zero-order valence-corrected chi connectivity index (χ0v) is 14.2. The van der Waals surface area contributed by atoms with E-state index in [2.05, 4.69) is 0 Å². The topological polar surface area (TPSA) is 57.6 Å². The number of benzene rings is 2. The second-order valence-corrected chi connectivity index (χ2v) is 6.56. The van der Waals surface area contributed by atoms with Gasteiger partial charge in [-0.2, -0.15) is 0 Å². The molecule has 0 saturated carbocycles. The quantitative estimate of drug-likeness (QED) is 0.910. The number of likely N-dealkylation sites (tertiary alicyclic amines) is 1. The van der Waals surface area contributed by atoms with E-state index in [1.807, 2.05) is 30.3 Å². The molecule has 0 bridgehead atoms. The van der Waals surface area contributed by atoms with E-state index < -0.39 is 35.3 Å². The number of rotatable bonds is 4. The number of hydrogen-bond donors (Lipinski definition) is 1. The van der Waals surface area contributed by atoms with Gasteiger partial charge in [0.05, 0.1) is 11.8 Å². The summed E-state index contributed by atoms with van der Waals surface area (Å²) < 4.78 is 28.0. The minimum Gasteiger partial charge on any atom is -0.481 e. The van der Waals surface area contributed by atoms with Gasteiger partial charge in [0.2, 0.25) is 5.91 Å². The molecule has 4 nitrogen and oxygen atoms in total. The minimum atomic E-state index is -1.03. The molecule has 26 heavy (non-hydrogen) atoms. The predicted octanol–water partition coefficient (Wildman–Crippen LogP) is 3.40. The average Bonchev–Trinajstić information content (AvgIpc) is 3.07. The summed E-state index contributed by atoms with van der Waals surface area (Å²) in [6.45, 7) is 1.67. The van der Waals surface area contributed by atoms with Crippen molar-refractivity contribution in [2.45, 2.75) is 18.8 Å². The van der Waals surface area contributed by atoms with Crippen molar-refractivity contribution < 1.29 is 23.5 Å². The monoisotopic (exact) mass is 359 g/mol. The number of aliphatic carboxylic acids is 1. The van der Waals surface area contributed by atoms with Gasteiger partial charge in [0.1, 0.15) is 11.6 Å². The van der Waals surface area contributed by atoms with Crippen LogP contribution in [0.5, 0.6) is 0 Å². The maximum atomic E-state index is 14.0. The summed E-state index contributed by atoms with van der Waals surface area (Å²) in [6.07, 6.45) is 0. The molecule has 0 aromatic heterocycles. The fourth-order valence-electron chi connectivity index (χ4n) is 3.59. The smallest absolute Gasteiger partial charge is 0.308 e. The summed E-state index contributed by atoms with van der Waals surface area (Å²) in [4.78, 5) is 25.8. The fraction of sp³-hybridized carbons (Fsp3) is 0.300. The fourth-order valence-corrected chi connectivity index (χ4v) is 3.59. The van der Waals surface area contributed by atoms with E-state index in [-0.39, 0.29) is 24.6 Å². The van der Waals surface area contributed by atoms with Crippen LogP contribution in [0.4, 0.5) is 8.78 Å². The van der Waals surface area contributed by atoms with Crippen LogP contribution in [0.25, 0.3) is 0 Å². The van der Waals surface area contributed by atoms with Crippen molar-refractivity contribution in [1.82, 2.24) is 4.90 Å². The molecule has 0 spiro atoms. The lowest BCUT2D eigenvalue weighted by atomic mass is 9.89. The number of hydrogen-bond acceptors (Lipinski definition) is 2. The Balaban J connectivity index is 1.85. The van der Waals surface area contributed by atoms with Crippen LogP contribution in [0, 0.1) is 17.6 Å². The molecule has 0 radical (unpaired) electrons. The van der Waals surface area contributed by atoms with Crippen molar-refractivity contribution >= 4 is 11.9 Å². The van der Waals surface area contributed by atoms with Crippen LogP contribution in [0.15, 0.2) is 48.5 Å². The molecule has 3 unspecified atom stereocenters. The zero-order valence-electron chi connectivity index (χ0n) is 14.2. The van der Waals surface area contributed by atoms with Crippen LogP contribution in [0.2, 0.25) is 0 Å². The predicted molar refractivity (Wildman–Crippen MR) is 91.7 cm³/mol. The van der Waals surface area contributed by atoms with E-state index in [0.717, 1.165) is 17.7 Å². The van der Waals surface area contributed by atoms with Gasteiger partial charge in [-0.25, -0.2) is 8.78 Å². The molecule has 3 rings (SSSR count). The number of carbonyl (C=O) groups excluding carboxylic acids is 1. The molecule has 1 amide bonds. The van der Waals surface area contributed by atoms with Crippen molar-refractivity contribution in [3.63, 3.8) is 0 Å². The van der Waals surface area contributed by atoms with E-state index in [0.29, 0.717) is 0 Å². The maximum absolute atomic E-state index is 14.0. The van der Waals surface area contributed by atoms with Gasteiger partial charge in [0, 0.05) is 24.6 Å². The first-order valence-electron chi connectivity index (χ1n) is 8.40. The van der Waals surface area contributed by atoms with Crippen molar-refractivity contribution in [1.29, 1.82) is 0 Å². The number of nitrogens with zero attached hydrogens (tertiary/aromatic N) is 1. The van der Waals surface area contributed by atoms with Gasteiger partial charge in [-0.1, -0.05) is 36.4 Å². The molecular weight excluding hydrogens is 340 g/mol. The second-order valence-electron chi connectivity index (χ2n) is 6.56. The molecule has 3 atom stereocenters. The third-order valence-corrected chi connectivity index (χ3v) is 4.98. The minimum absolute atomic E-state index is 0.0220. The Bertz CT molecular complexity index is 805. The van der Waals surface area contributed by atoms with Crippen molar-refractivity contribution in [2.24, 2.45) is 5.92 Å².